The highest BCUT2D eigenvalue weighted by Crippen LogP contribution is 2.26. The maximum absolute atomic E-state index is 9.89. The first-order valence-electron chi connectivity index (χ1n) is 6.57. The molecule has 0 saturated heterocycles. The van der Waals surface area contributed by atoms with E-state index in [9.17, 15) is 5.11 Å². The minimum Gasteiger partial charge on any atom is -0.399 e. The first kappa shape index (κ1) is 13.8. The van der Waals surface area contributed by atoms with Gasteiger partial charge in [-0.2, -0.15) is 0 Å². The molecule has 0 spiro atoms. The Morgan fingerprint density at radius 1 is 1.42 bits per heavy atom. The van der Waals surface area contributed by atoms with Crippen LogP contribution in [0.25, 0.3) is 11.0 Å². The summed E-state index contributed by atoms with van der Waals surface area (Å²) in [6, 6.07) is 5.72. The number of aliphatic hydroxyl groups excluding tert-OH is 1. The van der Waals surface area contributed by atoms with Gasteiger partial charge in [0.05, 0.1) is 23.7 Å². The van der Waals surface area contributed by atoms with Crippen molar-refractivity contribution < 1.29 is 9.84 Å². The number of fused-ring (bicyclic) bond motifs is 1. The van der Waals surface area contributed by atoms with Gasteiger partial charge in [-0.1, -0.05) is 0 Å². The zero-order chi connectivity index (χ0) is 14.0. The molecule has 1 heterocycles. The fourth-order valence-corrected chi connectivity index (χ4v) is 2.26. The standard InChI is InChI=1S/C14H21N3O2/c1-4-19-8-9(2)17-13-6-5-11(15)7-12(13)16-14(17)10(3)18/h5-7,9-10,18H,4,8,15H2,1-3H3. The highest BCUT2D eigenvalue weighted by atomic mass is 16.5. The first-order valence-corrected chi connectivity index (χ1v) is 6.57. The summed E-state index contributed by atoms with van der Waals surface area (Å²) in [6.07, 6.45) is -0.627. The lowest BCUT2D eigenvalue weighted by atomic mass is 10.2. The molecule has 0 fully saturated rings. The molecule has 2 atom stereocenters. The largest absolute Gasteiger partial charge is 0.399 e. The van der Waals surface area contributed by atoms with Gasteiger partial charge in [-0.3, -0.25) is 0 Å². The van der Waals surface area contributed by atoms with Gasteiger partial charge in [0.2, 0.25) is 0 Å². The Labute approximate surface area is 113 Å². The third kappa shape index (κ3) is 2.72. The fourth-order valence-electron chi connectivity index (χ4n) is 2.26. The molecule has 0 aliphatic heterocycles. The Bertz CT molecular complexity index is 563. The van der Waals surface area contributed by atoms with Gasteiger partial charge in [0.15, 0.2) is 0 Å². The molecule has 5 nitrogen and oxygen atoms in total. The Hall–Kier alpha value is -1.59. The van der Waals surface area contributed by atoms with Crippen LogP contribution >= 0.6 is 0 Å². The summed E-state index contributed by atoms with van der Waals surface area (Å²) in [5.41, 5.74) is 8.23. The molecular weight excluding hydrogens is 242 g/mol. The van der Waals surface area contributed by atoms with Crippen LogP contribution in [0.2, 0.25) is 0 Å². The monoisotopic (exact) mass is 263 g/mol. The number of benzene rings is 1. The van der Waals surface area contributed by atoms with Crippen LogP contribution in [0, 0.1) is 0 Å². The minimum absolute atomic E-state index is 0.109. The second-order valence-electron chi connectivity index (χ2n) is 4.77. The second-order valence-corrected chi connectivity index (χ2v) is 4.77. The van der Waals surface area contributed by atoms with Gasteiger partial charge in [0, 0.05) is 12.3 Å². The number of nitrogen functional groups attached to an aromatic ring is 1. The maximum Gasteiger partial charge on any atom is 0.138 e. The molecule has 0 amide bonds. The number of anilines is 1. The molecule has 3 N–H and O–H groups in total. The summed E-state index contributed by atoms with van der Waals surface area (Å²) >= 11 is 0. The smallest absolute Gasteiger partial charge is 0.138 e. The van der Waals surface area contributed by atoms with Gasteiger partial charge in [0.1, 0.15) is 11.9 Å². The zero-order valence-electron chi connectivity index (χ0n) is 11.6. The topological polar surface area (TPSA) is 73.3 Å². The molecule has 1 aromatic heterocycles. The number of aromatic nitrogens is 2. The van der Waals surface area contributed by atoms with Crippen LogP contribution in [0.5, 0.6) is 0 Å². The fraction of sp³-hybridized carbons (Fsp3) is 0.500. The molecule has 19 heavy (non-hydrogen) atoms. The number of ether oxygens (including phenoxy) is 1. The normalized spacial score (nSPS) is 14.7. The number of nitrogens with zero attached hydrogens (tertiary/aromatic N) is 2. The summed E-state index contributed by atoms with van der Waals surface area (Å²) in [6.45, 7) is 7.00. The van der Waals surface area contributed by atoms with Crippen molar-refractivity contribution in [1.82, 2.24) is 9.55 Å². The van der Waals surface area contributed by atoms with E-state index in [0.29, 0.717) is 24.7 Å². The predicted molar refractivity (Wildman–Crippen MR) is 76.0 cm³/mol. The number of imidazole rings is 1. The molecule has 5 heteroatoms. The predicted octanol–water partition coefficient (Wildman–Crippen LogP) is 2.27. The molecule has 104 valence electrons. The number of hydrogen-bond donors (Lipinski definition) is 2. The third-order valence-corrected chi connectivity index (χ3v) is 3.12. The van der Waals surface area contributed by atoms with Crippen molar-refractivity contribution in [1.29, 1.82) is 0 Å². The van der Waals surface area contributed by atoms with Gasteiger partial charge in [-0.05, 0) is 39.0 Å². The second kappa shape index (κ2) is 5.59. The third-order valence-electron chi connectivity index (χ3n) is 3.12. The van der Waals surface area contributed by atoms with Crippen molar-refractivity contribution in [3.8, 4) is 0 Å². The van der Waals surface area contributed by atoms with Crippen molar-refractivity contribution in [2.45, 2.75) is 32.9 Å². The summed E-state index contributed by atoms with van der Waals surface area (Å²) in [5.74, 6) is 0.646. The summed E-state index contributed by atoms with van der Waals surface area (Å²) in [7, 11) is 0. The van der Waals surface area contributed by atoms with E-state index >= 15 is 0 Å². The lowest BCUT2D eigenvalue weighted by molar-refractivity contribution is 0.113. The van der Waals surface area contributed by atoms with Gasteiger partial charge in [-0.15, -0.1) is 0 Å². The Balaban J connectivity index is 2.51. The molecule has 0 bridgehead atoms. The van der Waals surface area contributed by atoms with E-state index < -0.39 is 6.10 Å². The highest BCUT2D eigenvalue weighted by Gasteiger charge is 2.19. The van der Waals surface area contributed by atoms with Gasteiger partial charge < -0.3 is 20.1 Å². The van der Waals surface area contributed by atoms with Crippen molar-refractivity contribution in [3.05, 3.63) is 24.0 Å². The van der Waals surface area contributed by atoms with E-state index in [1.807, 2.05) is 29.7 Å². The lowest BCUT2D eigenvalue weighted by Gasteiger charge is -2.18. The average molecular weight is 263 g/mol. The lowest BCUT2D eigenvalue weighted by Crippen LogP contribution is -2.16. The van der Waals surface area contributed by atoms with E-state index in [-0.39, 0.29) is 6.04 Å². The van der Waals surface area contributed by atoms with Crippen LogP contribution in [0.15, 0.2) is 18.2 Å². The van der Waals surface area contributed by atoms with E-state index in [4.69, 9.17) is 10.5 Å². The molecular formula is C14H21N3O2. The van der Waals surface area contributed by atoms with Crippen molar-refractivity contribution in [2.75, 3.05) is 18.9 Å². The summed E-state index contributed by atoms with van der Waals surface area (Å²) in [5, 5.41) is 9.89. The maximum atomic E-state index is 9.89. The quantitative estimate of drug-likeness (QED) is 0.812. The van der Waals surface area contributed by atoms with E-state index in [2.05, 4.69) is 11.9 Å². The number of hydrogen-bond acceptors (Lipinski definition) is 4. The zero-order valence-corrected chi connectivity index (χ0v) is 11.6. The molecule has 0 radical (unpaired) electrons. The summed E-state index contributed by atoms with van der Waals surface area (Å²) in [4.78, 5) is 4.48. The number of aliphatic hydroxyl groups is 1. The Morgan fingerprint density at radius 3 is 2.79 bits per heavy atom. The molecule has 2 rings (SSSR count). The molecule has 0 aliphatic rings. The minimum atomic E-state index is -0.627. The van der Waals surface area contributed by atoms with E-state index in [1.54, 1.807) is 6.92 Å². The molecule has 2 unspecified atom stereocenters. The van der Waals surface area contributed by atoms with Crippen molar-refractivity contribution in [2.24, 2.45) is 0 Å². The van der Waals surface area contributed by atoms with E-state index in [1.165, 1.54) is 0 Å². The summed E-state index contributed by atoms with van der Waals surface area (Å²) < 4.78 is 7.49. The molecule has 0 aliphatic carbocycles. The van der Waals surface area contributed by atoms with E-state index in [0.717, 1.165) is 11.0 Å². The van der Waals surface area contributed by atoms with Crippen molar-refractivity contribution in [3.63, 3.8) is 0 Å². The molecule has 1 aromatic carbocycles. The van der Waals surface area contributed by atoms with Gasteiger partial charge in [-0.25, -0.2) is 4.98 Å². The first-order chi connectivity index (χ1) is 9.04. The van der Waals surface area contributed by atoms with Crippen LogP contribution in [0.3, 0.4) is 0 Å². The van der Waals surface area contributed by atoms with Crippen molar-refractivity contribution >= 4 is 16.7 Å². The van der Waals surface area contributed by atoms with Gasteiger partial charge >= 0.3 is 0 Å². The molecule has 0 saturated carbocycles. The number of nitrogens with two attached hydrogens (primary N) is 1. The van der Waals surface area contributed by atoms with Crippen LogP contribution in [-0.2, 0) is 4.74 Å². The number of rotatable bonds is 5. The Morgan fingerprint density at radius 2 is 2.16 bits per heavy atom. The molecule has 2 aromatic rings. The van der Waals surface area contributed by atoms with Crippen LogP contribution in [0.1, 0.15) is 38.7 Å². The average Bonchev–Trinajstić information content (AvgIpc) is 2.74. The Kier molecular flexibility index (Phi) is 4.07. The highest BCUT2D eigenvalue weighted by molar-refractivity contribution is 5.79. The SMILES string of the molecule is CCOCC(C)n1c(C(C)O)nc2cc(N)ccc21. The van der Waals surface area contributed by atoms with Crippen LogP contribution in [-0.4, -0.2) is 27.9 Å². The van der Waals surface area contributed by atoms with Gasteiger partial charge in [0.25, 0.3) is 0 Å². The van der Waals surface area contributed by atoms with Crippen LogP contribution in [0.4, 0.5) is 5.69 Å². The van der Waals surface area contributed by atoms with Crippen LogP contribution < -0.4 is 5.73 Å².